The van der Waals surface area contributed by atoms with Crippen molar-refractivity contribution in [3.05, 3.63) is 36.4 Å². The van der Waals surface area contributed by atoms with Crippen LogP contribution in [0.3, 0.4) is 0 Å². The van der Waals surface area contributed by atoms with Crippen LogP contribution in [-0.2, 0) is 6.54 Å². The molecule has 1 aromatic heterocycles. The van der Waals surface area contributed by atoms with E-state index in [9.17, 15) is 0 Å². The molecular formula is C34H52N2O3. The van der Waals surface area contributed by atoms with Gasteiger partial charge < -0.3 is 18.8 Å². The topological polar surface area (TPSA) is 45.5 Å². The summed E-state index contributed by atoms with van der Waals surface area (Å²) in [6, 6.07) is 12.4. The molecule has 216 valence electrons. The molecule has 0 unspecified atom stereocenters. The minimum absolute atomic E-state index is 0.601. The first kappa shape index (κ1) is 30.8. The van der Waals surface area contributed by atoms with Gasteiger partial charge in [-0.1, -0.05) is 115 Å². The third-order valence-electron chi connectivity index (χ3n) is 7.81. The third-order valence-corrected chi connectivity index (χ3v) is 7.81. The number of nitrogens with zero attached hydrogens (tertiary/aromatic N) is 2. The Hall–Kier alpha value is -2.69. The summed E-state index contributed by atoms with van der Waals surface area (Å²) in [5.74, 6) is 2.83. The summed E-state index contributed by atoms with van der Waals surface area (Å²) in [6.07, 6.45) is 22.1. The highest BCUT2D eigenvalue weighted by atomic mass is 16.5. The lowest BCUT2D eigenvalue weighted by molar-refractivity contribution is 0.324. The van der Waals surface area contributed by atoms with Gasteiger partial charge in [0, 0.05) is 12.1 Å². The smallest absolute Gasteiger partial charge is 0.203 e. The SMILES string of the molecule is CCCCCCCCCCCCCCCCCCn1c(-c2cc(OC)c(OC)c(OC)c2)nc2ccccc21. The van der Waals surface area contributed by atoms with Crippen molar-refractivity contribution in [1.29, 1.82) is 0 Å². The lowest BCUT2D eigenvalue weighted by atomic mass is 10.0. The highest BCUT2D eigenvalue weighted by Crippen LogP contribution is 2.41. The molecule has 39 heavy (non-hydrogen) atoms. The molecule has 3 aromatic rings. The molecule has 1 heterocycles. The Kier molecular flexibility index (Phi) is 14.1. The second-order valence-electron chi connectivity index (χ2n) is 10.8. The van der Waals surface area contributed by atoms with Gasteiger partial charge in [0.15, 0.2) is 11.5 Å². The first-order chi connectivity index (χ1) is 19.2. The number of unbranched alkanes of at least 4 members (excludes halogenated alkanes) is 15. The second kappa shape index (κ2) is 17.8. The lowest BCUT2D eigenvalue weighted by Gasteiger charge is -2.15. The number of hydrogen-bond donors (Lipinski definition) is 0. The second-order valence-corrected chi connectivity index (χ2v) is 10.8. The van der Waals surface area contributed by atoms with Crippen LogP contribution in [0.15, 0.2) is 36.4 Å². The predicted octanol–water partition coefficient (Wildman–Crippen LogP) is 9.99. The first-order valence-corrected chi connectivity index (χ1v) is 15.5. The molecule has 0 amide bonds. The predicted molar refractivity (Wildman–Crippen MR) is 164 cm³/mol. The van der Waals surface area contributed by atoms with Gasteiger partial charge in [-0.3, -0.25) is 0 Å². The van der Waals surface area contributed by atoms with Crippen LogP contribution in [-0.4, -0.2) is 30.9 Å². The monoisotopic (exact) mass is 536 g/mol. The highest BCUT2D eigenvalue weighted by molar-refractivity contribution is 5.81. The maximum Gasteiger partial charge on any atom is 0.203 e. The zero-order valence-electron chi connectivity index (χ0n) is 25.1. The third kappa shape index (κ3) is 9.47. The van der Waals surface area contributed by atoms with Crippen LogP contribution in [0.4, 0.5) is 0 Å². The molecular weight excluding hydrogens is 484 g/mol. The Labute approximate surface area is 237 Å². The first-order valence-electron chi connectivity index (χ1n) is 15.5. The van der Waals surface area contributed by atoms with Gasteiger partial charge >= 0.3 is 0 Å². The van der Waals surface area contributed by atoms with Crippen LogP contribution < -0.4 is 14.2 Å². The molecule has 0 N–H and O–H groups in total. The van der Waals surface area contributed by atoms with E-state index in [1.807, 2.05) is 18.2 Å². The van der Waals surface area contributed by atoms with Crippen molar-refractivity contribution in [3.8, 4) is 28.6 Å². The standard InChI is InChI=1S/C34H52N2O3/c1-5-6-7-8-9-10-11-12-13-14-15-16-17-18-19-22-25-36-30-24-21-20-23-29(30)35-34(36)28-26-31(37-2)33(39-4)32(27-28)38-3/h20-21,23-24,26-27H,5-19,22,25H2,1-4H3. The number of benzene rings is 2. The summed E-state index contributed by atoms with van der Waals surface area (Å²) < 4.78 is 19.1. The van der Waals surface area contributed by atoms with Crippen LogP contribution in [0.5, 0.6) is 17.2 Å². The lowest BCUT2D eigenvalue weighted by Crippen LogP contribution is -2.02. The van der Waals surface area contributed by atoms with Crippen LogP contribution in [0.25, 0.3) is 22.4 Å². The molecule has 0 aliphatic carbocycles. The fraction of sp³-hybridized carbons (Fsp3) is 0.618. The van der Waals surface area contributed by atoms with E-state index in [0.717, 1.165) is 29.9 Å². The van der Waals surface area contributed by atoms with Gasteiger partial charge in [-0.15, -0.1) is 0 Å². The van der Waals surface area contributed by atoms with E-state index in [2.05, 4.69) is 29.7 Å². The van der Waals surface area contributed by atoms with Crippen molar-refractivity contribution in [3.63, 3.8) is 0 Å². The Morgan fingerprint density at radius 2 is 1.10 bits per heavy atom. The fourth-order valence-electron chi connectivity index (χ4n) is 5.55. The van der Waals surface area contributed by atoms with E-state index in [0.29, 0.717) is 17.2 Å². The molecule has 0 fully saturated rings. The molecule has 5 nitrogen and oxygen atoms in total. The summed E-state index contributed by atoms with van der Waals surface area (Å²) in [5, 5.41) is 0. The molecule has 0 aliphatic rings. The van der Waals surface area contributed by atoms with Crippen molar-refractivity contribution in [1.82, 2.24) is 9.55 Å². The highest BCUT2D eigenvalue weighted by Gasteiger charge is 2.18. The van der Waals surface area contributed by atoms with Crippen LogP contribution in [0.2, 0.25) is 0 Å². The van der Waals surface area contributed by atoms with E-state index in [4.69, 9.17) is 19.2 Å². The van der Waals surface area contributed by atoms with Gasteiger partial charge in [-0.2, -0.15) is 0 Å². The number of fused-ring (bicyclic) bond motifs is 1. The number of methoxy groups -OCH3 is 3. The van der Waals surface area contributed by atoms with E-state index in [-0.39, 0.29) is 0 Å². The summed E-state index contributed by atoms with van der Waals surface area (Å²) in [7, 11) is 4.94. The van der Waals surface area contributed by atoms with Gasteiger partial charge in [0.2, 0.25) is 5.75 Å². The number of imidazole rings is 1. The minimum Gasteiger partial charge on any atom is -0.493 e. The Morgan fingerprint density at radius 1 is 0.615 bits per heavy atom. The van der Waals surface area contributed by atoms with E-state index in [1.165, 1.54) is 102 Å². The molecule has 0 spiro atoms. The Morgan fingerprint density at radius 3 is 1.59 bits per heavy atom. The summed E-state index contributed by atoms with van der Waals surface area (Å²) in [5.41, 5.74) is 3.15. The molecule has 3 rings (SSSR count). The number of para-hydroxylation sites is 2. The number of aromatic nitrogens is 2. The van der Waals surface area contributed by atoms with Gasteiger partial charge in [-0.25, -0.2) is 4.98 Å². The molecule has 0 atom stereocenters. The van der Waals surface area contributed by atoms with E-state index in [1.54, 1.807) is 21.3 Å². The fourth-order valence-corrected chi connectivity index (χ4v) is 5.55. The molecule has 5 heteroatoms. The van der Waals surface area contributed by atoms with Crippen molar-refractivity contribution < 1.29 is 14.2 Å². The minimum atomic E-state index is 0.601. The Bertz CT molecular complexity index is 1070. The van der Waals surface area contributed by atoms with Crippen LogP contribution >= 0.6 is 0 Å². The number of rotatable bonds is 21. The van der Waals surface area contributed by atoms with Crippen molar-refractivity contribution in [2.45, 2.75) is 116 Å². The average Bonchev–Trinajstić information content (AvgIpc) is 3.34. The van der Waals surface area contributed by atoms with Crippen molar-refractivity contribution in [2.24, 2.45) is 0 Å². The maximum atomic E-state index is 5.61. The maximum absolute atomic E-state index is 5.61. The largest absolute Gasteiger partial charge is 0.493 e. The van der Waals surface area contributed by atoms with Gasteiger partial charge in [-0.05, 0) is 30.7 Å². The quantitative estimate of drug-likeness (QED) is 0.127. The summed E-state index contributed by atoms with van der Waals surface area (Å²) in [6.45, 7) is 3.24. The molecule has 0 radical (unpaired) electrons. The molecule has 0 saturated heterocycles. The molecule has 0 bridgehead atoms. The summed E-state index contributed by atoms with van der Waals surface area (Å²) >= 11 is 0. The average molecular weight is 537 g/mol. The zero-order chi connectivity index (χ0) is 27.7. The zero-order valence-corrected chi connectivity index (χ0v) is 25.1. The van der Waals surface area contributed by atoms with Gasteiger partial charge in [0.25, 0.3) is 0 Å². The van der Waals surface area contributed by atoms with Gasteiger partial charge in [0.05, 0.1) is 32.4 Å². The van der Waals surface area contributed by atoms with E-state index < -0.39 is 0 Å². The normalized spacial score (nSPS) is 11.3. The molecule has 0 saturated carbocycles. The number of hydrogen-bond acceptors (Lipinski definition) is 4. The number of aryl methyl sites for hydroxylation is 1. The van der Waals surface area contributed by atoms with E-state index >= 15 is 0 Å². The number of ether oxygens (including phenoxy) is 3. The Balaban J connectivity index is 1.43. The van der Waals surface area contributed by atoms with Crippen molar-refractivity contribution >= 4 is 11.0 Å². The van der Waals surface area contributed by atoms with Crippen LogP contribution in [0.1, 0.15) is 110 Å². The summed E-state index contributed by atoms with van der Waals surface area (Å²) in [4.78, 5) is 4.99. The van der Waals surface area contributed by atoms with Gasteiger partial charge in [0.1, 0.15) is 5.82 Å². The van der Waals surface area contributed by atoms with Crippen molar-refractivity contribution in [2.75, 3.05) is 21.3 Å². The molecule has 2 aromatic carbocycles. The molecule has 0 aliphatic heterocycles. The van der Waals surface area contributed by atoms with Crippen LogP contribution in [0, 0.1) is 0 Å².